The van der Waals surface area contributed by atoms with Crippen molar-refractivity contribution in [1.29, 1.82) is 0 Å². The lowest BCUT2D eigenvalue weighted by Gasteiger charge is -2.34. The normalized spacial score (nSPS) is 16.9. The summed E-state index contributed by atoms with van der Waals surface area (Å²) in [5, 5.41) is 8.49. The standard InChI is InChI=1S/C17H28N4O3S/c1-3-19-17(21-10-8-15(9-11-21)24-4-2)20-13-14-6-5-7-16(12-14)25(18,22)23/h5-7,12,15H,3-4,8-11,13H2,1-2H3,(H,19,20)(H2,18,22,23). The second kappa shape index (κ2) is 9.17. The van der Waals surface area contributed by atoms with Gasteiger partial charge in [-0.25, -0.2) is 18.5 Å². The van der Waals surface area contributed by atoms with E-state index in [9.17, 15) is 8.42 Å². The minimum absolute atomic E-state index is 0.114. The zero-order chi connectivity index (χ0) is 18.3. The molecule has 0 atom stereocenters. The minimum atomic E-state index is -3.69. The molecule has 0 saturated carbocycles. The zero-order valence-corrected chi connectivity index (χ0v) is 15.8. The third-order valence-corrected chi connectivity index (χ3v) is 5.03. The Bertz CT molecular complexity index is 683. The van der Waals surface area contributed by atoms with Crippen molar-refractivity contribution in [2.45, 2.75) is 44.2 Å². The van der Waals surface area contributed by atoms with Crippen LogP contribution in [-0.2, 0) is 21.3 Å². The summed E-state index contributed by atoms with van der Waals surface area (Å²) in [4.78, 5) is 6.99. The molecule has 1 aromatic carbocycles. The molecule has 0 bridgehead atoms. The van der Waals surface area contributed by atoms with Crippen LogP contribution in [0.2, 0.25) is 0 Å². The number of benzene rings is 1. The Morgan fingerprint density at radius 3 is 2.68 bits per heavy atom. The first kappa shape index (κ1) is 19.7. The molecule has 1 aromatic rings. The van der Waals surface area contributed by atoms with E-state index in [0.717, 1.165) is 50.6 Å². The molecular weight excluding hydrogens is 340 g/mol. The quantitative estimate of drug-likeness (QED) is 0.583. The van der Waals surface area contributed by atoms with Crippen molar-refractivity contribution in [3.8, 4) is 0 Å². The fraction of sp³-hybridized carbons (Fsp3) is 0.588. The van der Waals surface area contributed by atoms with Gasteiger partial charge in [0, 0.05) is 26.2 Å². The van der Waals surface area contributed by atoms with Crippen molar-refractivity contribution in [3.05, 3.63) is 29.8 Å². The fourth-order valence-electron chi connectivity index (χ4n) is 2.88. The van der Waals surface area contributed by atoms with Crippen LogP contribution in [0.15, 0.2) is 34.2 Å². The summed E-state index contributed by atoms with van der Waals surface area (Å²) in [6.07, 6.45) is 2.30. The van der Waals surface area contributed by atoms with Gasteiger partial charge in [0.15, 0.2) is 5.96 Å². The van der Waals surface area contributed by atoms with Crippen LogP contribution < -0.4 is 10.5 Å². The largest absolute Gasteiger partial charge is 0.378 e. The van der Waals surface area contributed by atoms with Crippen LogP contribution in [-0.4, -0.2) is 51.6 Å². The summed E-state index contributed by atoms with van der Waals surface area (Å²) in [5.74, 6) is 0.846. The Kier molecular flexibility index (Phi) is 7.22. The van der Waals surface area contributed by atoms with E-state index < -0.39 is 10.0 Å². The molecule has 0 spiro atoms. The summed E-state index contributed by atoms with van der Waals surface area (Å²) in [6, 6.07) is 6.60. The maximum atomic E-state index is 11.5. The van der Waals surface area contributed by atoms with Crippen molar-refractivity contribution >= 4 is 16.0 Å². The van der Waals surface area contributed by atoms with Crippen molar-refractivity contribution < 1.29 is 13.2 Å². The molecule has 25 heavy (non-hydrogen) atoms. The molecule has 0 amide bonds. The van der Waals surface area contributed by atoms with Gasteiger partial charge in [0.1, 0.15) is 0 Å². The summed E-state index contributed by atoms with van der Waals surface area (Å²) in [5.41, 5.74) is 0.811. The number of rotatable bonds is 6. The second-order valence-corrected chi connectivity index (χ2v) is 7.57. The predicted molar refractivity (Wildman–Crippen MR) is 98.9 cm³/mol. The third-order valence-electron chi connectivity index (χ3n) is 4.12. The molecular formula is C17H28N4O3S. The molecule has 0 unspecified atom stereocenters. The Morgan fingerprint density at radius 1 is 1.36 bits per heavy atom. The lowest BCUT2D eigenvalue weighted by atomic mass is 10.1. The zero-order valence-electron chi connectivity index (χ0n) is 14.9. The molecule has 8 heteroatoms. The SMILES string of the molecule is CCNC(=NCc1cccc(S(N)(=O)=O)c1)N1CCC(OCC)CC1. The second-order valence-electron chi connectivity index (χ2n) is 6.00. The van der Waals surface area contributed by atoms with Crippen LogP contribution >= 0.6 is 0 Å². The number of aliphatic imine (C=N–C) groups is 1. The number of ether oxygens (including phenoxy) is 1. The molecule has 1 heterocycles. The van der Waals surface area contributed by atoms with E-state index >= 15 is 0 Å². The Labute approximate surface area is 150 Å². The number of primary sulfonamides is 1. The molecule has 0 aromatic heterocycles. The molecule has 1 aliphatic rings. The van der Waals surface area contributed by atoms with Crippen molar-refractivity contribution in [2.24, 2.45) is 10.1 Å². The van der Waals surface area contributed by atoms with E-state index in [4.69, 9.17) is 9.88 Å². The number of guanidine groups is 1. The molecule has 1 aliphatic heterocycles. The van der Waals surface area contributed by atoms with Gasteiger partial charge < -0.3 is 15.0 Å². The van der Waals surface area contributed by atoms with Gasteiger partial charge >= 0.3 is 0 Å². The molecule has 140 valence electrons. The first-order chi connectivity index (χ1) is 11.9. The Balaban J connectivity index is 2.05. The minimum Gasteiger partial charge on any atom is -0.378 e. The number of piperidine rings is 1. The average molecular weight is 369 g/mol. The fourth-order valence-corrected chi connectivity index (χ4v) is 3.47. The first-order valence-electron chi connectivity index (χ1n) is 8.70. The van der Waals surface area contributed by atoms with Gasteiger partial charge in [-0.05, 0) is 44.4 Å². The third kappa shape index (κ3) is 5.98. The molecule has 7 nitrogen and oxygen atoms in total. The topological polar surface area (TPSA) is 97.0 Å². The number of nitrogens with zero attached hydrogens (tertiary/aromatic N) is 2. The molecule has 1 fully saturated rings. The van der Waals surface area contributed by atoms with Gasteiger partial charge in [-0.3, -0.25) is 0 Å². The maximum absolute atomic E-state index is 11.5. The number of nitrogens with one attached hydrogen (secondary N) is 1. The highest BCUT2D eigenvalue weighted by atomic mass is 32.2. The molecule has 0 radical (unpaired) electrons. The van der Waals surface area contributed by atoms with E-state index in [1.54, 1.807) is 12.1 Å². The highest BCUT2D eigenvalue weighted by Crippen LogP contribution is 2.15. The van der Waals surface area contributed by atoms with E-state index in [-0.39, 0.29) is 4.90 Å². The summed E-state index contributed by atoms with van der Waals surface area (Å²) in [7, 11) is -3.69. The number of nitrogens with two attached hydrogens (primary N) is 1. The van der Waals surface area contributed by atoms with E-state index in [1.807, 2.05) is 19.9 Å². The van der Waals surface area contributed by atoms with Gasteiger partial charge in [0.25, 0.3) is 0 Å². The van der Waals surface area contributed by atoms with E-state index in [1.165, 1.54) is 6.07 Å². The summed E-state index contributed by atoms with van der Waals surface area (Å²) < 4.78 is 28.6. The molecule has 0 aliphatic carbocycles. The number of likely N-dealkylation sites (tertiary alicyclic amines) is 1. The maximum Gasteiger partial charge on any atom is 0.238 e. The summed E-state index contributed by atoms with van der Waals surface area (Å²) in [6.45, 7) is 7.77. The highest BCUT2D eigenvalue weighted by Gasteiger charge is 2.21. The lowest BCUT2D eigenvalue weighted by Crippen LogP contribution is -2.47. The van der Waals surface area contributed by atoms with Crippen LogP contribution in [0.4, 0.5) is 0 Å². The van der Waals surface area contributed by atoms with Crippen molar-refractivity contribution in [3.63, 3.8) is 0 Å². The van der Waals surface area contributed by atoms with Gasteiger partial charge in [-0.1, -0.05) is 12.1 Å². The number of hydrogen-bond acceptors (Lipinski definition) is 4. The monoisotopic (exact) mass is 368 g/mol. The van der Waals surface area contributed by atoms with Crippen LogP contribution in [0.1, 0.15) is 32.3 Å². The average Bonchev–Trinajstić information content (AvgIpc) is 2.59. The van der Waals surface area contributed by atoms with E-state index in [0.29, 0.717) is 12.6 Å². The van der Waals surface area contributed by atoms with E-state index in [2.05, 4.69) is 15.2 Å². The molecule has 3 N–H and O–H groups in total. The van der Waals surface area contributed by atoms with Crippen LogP contribution in [0.3, 0.4) is 0 Å². The molecule has 2 rings (SSSR count). The van der Waals surface area contributed by atoms with Crippen molar-refractivity contribution in [2.75, 3.05) is 26.2 Å². The van der Waals surface area contributed by atoms with Gasteiger partial charge in [0.05, 0.1) is 17.5 Å². The number of sulfonamides is 1. The predicted octanol–water partition coefficient (Wildman–Crippen LogP) is 1.30. The van der Waals surface area contributed by atoms with Crippen LogP contribution in [0.25, 0.3) is 0 Å². The summed E-state index contributed by atoms with van der Waals surface area (Å²) >= 11 is 0. The van der Waals surface area contributed by atoms with Crippen molar-refractivity contribution in [1.82, 2.24) is 10.2 Å². The highest BCUT2D eigenvalue weighted by molar-refractivity contribution is 7.89. The lowest BCUT2D eigenvalue weighted by molar-refractivity contribution is 0.0263. The van der Waals surface area contributed by atoms with Crippen LogP contribution in [0, 0.1) is 0 Å². The Morgan fingerprint density at radius 2 is 2.08 bits per heavy atom. The smallest absolute Gasteiger partial charge is 0.238 e. The number of hydrogen-bond donors (Lipinski definition) is 2. The van der Waals surface area contributed by atoms with Gasteiger partial charge in [-0.15, -0.1) is 0 Å². The molecule has 1 saturated heterocycles. The Hall–Kier alpha value is -1.64. The van der Waals surface area contributed by atoms with Crippen LogP contribution in [0.5, 0.6) is 0 Å². The first-order valence-corrected chi connectivity index (χ1v) is 10.2. The van der Waals surface area contributed by atoms with Gasteiger partial charge in [0.2, 0.25) is 10.0 Å². The van der Waals surface area contributed by atoms with Gasteiger partial charge in [-0.2, -0.15) is 0 Å².